The quantitative estimate of drug-likeness (QED) is 0.891. The summed E-state index contributed by atoms with van der Waals surface area (Å²) in [6.45, 7) is 5.28. The molecule has 2 N–H and O–H groups in total. The van der Waals surface area contributed by atoms with Crippen molar-refractivity contribution in [3.8, 4) is 0 Å². The molecule has 1 aliphatic carbocycles. The zero-order valence-electron chi connectivity index (χ0n) is 14.0. The fourth-order valence-electron chi connectivity index (χ4n) is 3.25. The van der Waals surface area contributed by atoms with Crippen molar-refractivity contribution in [3.05, 3.63) is 35.9 Å². The third kappa shape index (κ3) is 4.03. The Balaban J connectivity index is 2.32. The van der Waals surface area contributed by atoms with Crippen molar-refractivity contribution in [2.75, 3.05) is 0 Å². The van der Waals surface area contributed by atoms with Gasteiger partial charge in [-0.15, -0.1) is 0 Å². The predicted octanol–water partition coefficient (Wildman–Crippen LogP) is 3.69. The number of carboxylic acids is 1. The van der Waals surface area contributed by atoms with Gasteiger partial charge in [0.1, 0.15) is 11.1 Å². The maximum Gasteiger partial charge on any atom is 0.408 e. The Bertz CT molecular complexity index is 564. The molecule has 0 aromatic heterocycles. The molecule has 0 aliphatic heterocycles. The zero-order chi connectivity index (χ0) is 17.1. The largest absolute Gasteiger partial charge is 0.479 e. The lowest BCUT2D eigenvalue weighted by Crippen LogP contribution is -2.60. The molecule has 0 spiro atoms. The van der Waals surface area contributed by atoms with Crippen LogP contribution in [0.25, 0.3) is 0 Å². The van der Waals surface area contributed by atoms with Gasteiger partial charge in [-0.25, -0.2) is 9.59 Å². The van der Waals surface area contributed by atoms with Crippen LogP contribution in [0.3, 0.4) is 0 Å². The van der Waals surface area contributed by atoms with Crippen molar-refractivity contribution in [1.82, 2.24) is 5.32 Å². The minimum Gasteiger partial charge on any atom is -0.479 e. The molecule has 0 unspecified atom stereocenters. The second-order valence-electron chi connectivity index (χ2n) is 7.11. The van der Waals surface area contributed by atoms with Gasteiger partial charge in [0, 0.05) is 5.92 Å². The minimum atomic E-state index is -1.32. The zero-order valence-corrected chi connectivity index (χ0v) is 14.0. The number of hydrogen-bond donors (Lipinski definition) is 2. The topological polar surface area (TPSA) is 75.6 Å². The summed E-state index contributed by atoms with van der Waals surface area (Å²) in [5.74, 6) is -1.26. The fraction of sp³-hybridized carbons (Fsp3) is 0.556. The van der Waals surface area contributed by atoms with Crippen LogP contribution in [-0.4, -0.2) is 28.3 Å². The molecule has 1 fully saturated rings. The van der Waals surface area contributed by atoms with Gasteiger partial charge < -0.3 is 15.2 Å². The number of carbonyl (C=O) groups excluding carboxylic acids is 1. The van der Waals surface area contributed by atoms with E-state index >= 15 is 0 Å². The third-order valence-corrected chi connectivity index (χ3v) is 4.22. The van der Waals surface area contributed by atoms with Crippen LogP contribution in [0, 0.1) is 0 Å². The van der Waals surface area contributed by atoms with Crippen molar-refractivity contribution in [2.45, 2.75) is 63.5 Å². The summed E-state index contributed by atoms with van der Waals surface area (Å²) >= 11 is 0. The number of aliphatic carboxylic acids is 1. The van der Waals surface area contributed by atoms with Gasteiger partial charge in [-0.3, -0.25) is 0 Å². The lowest BCUT2D eigenvalue weighted by atomic mass is 9.69. The molecule has 1 aromatic rings. The van der Waals surface area contributed by atoms with Gasteiger partial charge in [-0.2, -0.15) is 0 Å². The molecular weight excluding hydrogens is 294 g/mol. The first-order chi connectivity index (χ1) is 10.7. The first-order valence-corrected chi connectivity index (χ1v) is 8.04. The van der Waals surface area contributed by atoms with Crippen molar-refractivity contribution >= 4 is 12.1 Å². The molecule has 1 aliphatic rings. The molecule has 2 atom stereocenters. The molecular formula is C18H25NO4. The van der Waals surface area contributed by atoms with Crippen molar-refractivity contribution < 1.29 is 19.4 Å². The summed E-state index contributed by atoms with van der Waals surface area (Å²) < 4.78 is 5.29. The van der Waals surface area contributed by atoms with Crippen LogP contribution in [0.15, 0.2) is 30.3 Å². The Labute approximate surface area is 137 Å². The summed E-state index contributed by atoms with van der Waals surface area (Å²) in [5.41, 5.74) is -1.05. The molecule has 5 nitrogen and oxygen atoms in total. The van der Waals surface area contributed by atoms with Crippen LogP contribution in [0.4, 0.5) is 4.79 Å². The molecule has 5 heteroatoms. The molecule has 23 heavy (non-hydrogen) atoms. The number of ether oxygens (including phenoxy) is 1. The SMILES string of the molecule is CC(C)(C)OC(=O)N[C@@]1(C(=O)O)CCCC[C@@H]1c1ccccc1. The van der Waals surface area contributed by atoms with E-state index in [2.05, 4.69) is 5.32 Å². The Kier molecular flexibility index (Phi) is 4.97. The van der Waals surface area contributed by atoms with E-state index in [9.17, 15) is 14.7 Å². The summed E-state index contributed by atoms with van der Waals surface area (Å²) in [5, 5.41) is 12.6. The molecule has 1 aromatic carbocycles. The lowest BCUT2D eigenvalue weighted by Gasteiger charge is -2.41. The van der Waals surface area contributed by atoms with E-state index in [1.54, 1.807) is 20.8 Å². The monoisotopic (exact) mass is 319 g/mol. The minimum absolute atomic E-state index is 0.262. The highest BCUT2D eigenvalue weighted by Crippen LogP contribution is 2.41. The van der Waals surface area contributed by atoms with Gasteiger partial charge in [0.25, 0.3) is 0 Å². The lowest BCUT2D eigenvalue weighted by molar-refractivity contribution is -0.147. The molecule has 1 saturated carbocycles. The number of carbonyl (C=O) groups is 2. The van der Waals surface area contributed by atoms with E-state index in [0.717, 1.165) is 24.8 Å². The van der Waals surface area contributed by atoms with Crippen LogP contribution in [0.5, 0.6) is 0 Å². The van der Waals surface area contributed by atoms with E-state index in [-0.39, 0.29) is 5.92 Å². The van der Waals surface area contributed by atoms with Gasteiger partial charge in [0.15, 0.2) is 0 Å². The highest BCUT2D eigenvalue weighted by molar-refractivity contribution is 5.86. The highest BCUT2D eigenvalue weighted by atomic mass is 16.6. The fourth-order valence-corrected chi connectivity index (χ4v) is 3.25. The number of nitrogens with one attached hydrogen (secondary N) is 1. The Morgan fingerprint density at radius 1 is 1.22 bits per heavy atom. The maximum atomic E-state index is 12.2. The van der Waals surface area contributed by atoms with Crippen molar-refractivity contribution in [3.63, 3.8) is 0 Å². The average molecular weight is 319 g/mol. The van der Waals surface area contributed by atoms with Gasteiger partial charge >= 0.3 is 12.1 Å². The van der Waals surface area contributed by atoms with E-state index in [1.807, 2.05) is 30.3 Å². The molecule has 126 valence electrons. The number of hydrogen-bond acceptors (Lipinski definition) is 3. The molecule has 0 radical (unpaired) electrons. The summed E-state index contributed by atoms with van der Waals surface area (Å²) in [7, 11) is 0. The Hall–Kier alpha value is -2.04. The normalized spacial score (nSPS) is 24.7. The molecule has 2 rings (SSSR count). The van der Waals surface area contributed by atoms with Gasteiger partial charge in [0.2, 0.25) is 0 Å². The van der Waals surface area contributed by atoms with Crippen LogP contribution in [-0.2, 0) is 9.53 Å². The van der Waals surface area contributed by atoms with Crippen LogP contribution >= 0.6 is 0 Å². The third-order valence-electron chi connectivity index (χ3n) is 4.22. The van der Waals surface area contributed by atoms with Gasteiger partial charge in [-0.1, -0.05) is 43.2 Å². The summed E-state index contributed by atoms with van der Waals surface area (Å²) in [6, 6.07) is 9.53. The maximum absolute atomic E-state index is 12.2. The number of amides is 1. The molecule has 0 heterocycles. The number of alkyl carbamates (subject to hydrolysis) is 1. The number of rotatable bonds is 3. The Morgan fingerprint density at radius 3 is 2.43 bits per heavy atom. The van der Waals surface area contributed by atoms with E-state index in [1.165, 1.54) is 0 Å². The first-order valence-electron chi connectivity index (χ1n) is 8.04. The standard InChI is InChI=1S/C18H25NO4/c1-17(2,3)23-16(22)19-18(15(20)21)12-8-7-11-14(18)13-9-5-4-6-10-13/h4-6,9-10,14H,7-8,11-12H2,1-3H3,(H,19,22)(H,20,21)/t14-,18+/m1/s1. The number of carboxylic acid groups (broad SMARTS) is 1. The highest BCUT2D eigenvalue weighted by Gasteiger charge is 2.49. The second-order valence-corrected chi connectivity index (χ2v) is 7.11. The summed E-state index contributed by atoms with van der Waals surface area (Å²) in [4.78, 5) is 24.3. The van der Waals surface area contributed by atoms with Gasteiger partial charge in [0.05, 0.1) is 0 Å². The van der Waals surface area contributed by atoms with Crippen LogP contribution < -0.4 is 5.32 Å². The molecule has 0 saturated heterocycles. The molecule has 1 amide bonds. The first kappa shape index (κ1) is 17.3. The molecule has 0 bridgehead atoms. The van der Waals surface area contributed by atoms with Crippen molar-refractivity contribution in [2.24, 2.45) is 0 Å². The van der Waals surface area contributed by atoms with E-state index < -0.39 is 23.2 Å². The second kappa shape index (κ2) is 6.60. The number of benzene rings is 1. The van der Waals surface area contributed by atoms with Crippen LogP contribution in [0.1, 0.15) is 57.9 Å². The summed E-state index contributed by atoms with van der Waals surface area (Å²) in [6.07, 6.45) is 2.17. The predicted molar refractivity (Wildman–Crippen MR) is 87.4 cm³/mol. The van der Waals surface area contributed by atoms with E-state index in [0.29, 0.717) is 6.42 Å². The van der Waals surface area contributed by atoms with E-state index in [4.69, 9.17) is 4.74 Å². The average Bonchev–Trinajstić information content (AvgIpc) is 2.46. The van der Waals surface area contributed by atoms with Crippen LogP contribution in [0.2, 0.25) is 0 Å². The van der Waals surface area contributed by atoms with Crippen molar-refractivity contribution in [1.29, 1.82) is 0 Å². The smallest absolute Gasteiger partial charge is 0.408 e. The van der Waals surface area contributed by atoms with Gasteiger partial charge in [-0.05, 0) is 39.2 Å². The Morgan fingerprint density at radius 2 is 1.87 bits per heavy atom.